The summed E-state index contributed by atoms with van der Waals surface area (Å²) in [6, 6.07) is 0.275. The van der Waals surface area contributed by atoms with Crippen molar-refractivity contribution in [3.05, 3.63) is 0 Å². The van der Waals surface area contributed by atoms with Crippen LogP contribution in [0.5, 0.6) is 0 Å². The quantitative estimate of drug-likeness (QED) is 0.323. The number of rotatable bonds is 1. The zero-order valence-corrected chi connectivity index (χ0v) is 7.05. The average molecular weight is 153 g/mol. The Morgan fingerprint density at radius 3 is 2.82 bits per heavy atom. The third kappa shape index (κ3) is 2.85. The van der Waals surface area contributed by atoms with Crippen molar-refractivity contribution in [2.24, 2.45) is 10.9 Å². The molecular weight excluding hydrogens is 138 g/mol. The lowest BCUT2D eigenvalue weighted by molar-refractivity contribution is 0.497. The molecule has 0 heterocycles. The monoisotopic (exact) mass is 153 g/mol. The zero-order chi connectivity index (χ0) is 8.10. The molecule has 62 valence electrons. The van der Waals surface area contributed by atoms with Crippen molar-refractivity contribution in [3.8, 4) is 0 Å². The predicted molar refractivity (Wildman–Crippen MR) is 44.2 cm³/mol. The van der Waals surface area contributed by atoms with Crippen molar-refractivity contribution < 1.29 is 4.79 Å². The van der Waals surface area contributed by atoms with Crippen LogP contribution in [0.1, 0.15) is 39.0 Å². The van der Waals surface area contributed by atoms with Crippen molar-refractivity contribution in [2.45, 2.75) is 45.1 Å². The van der Waals surface area contributed by atoms with E-state index in [0.717, 1.165) is 18.8 Å². The first-order valence-electron chi connectivity index (χ1n) is 4.40. The van der Waals surface area contributed by atoms with Gasteiger partial charge in [-0.2, -0.15) is 0 Å². The molecule has 1 aliphatic rings. The van der Waals surface area contributed by atoms with Gasteiger partial charge in [-0.15, -0.1) is 0 Å². The van der Waals surface area contributed by atoms with Gasteiger partial charge in [0.05, 0.1) is 6.04 Å². The number of hydrogen-bond acceptors (Lipinski definition) is 2. The second kappa shape index (κ2) is 4.30. The van der Waals surface area contributed by atoms with E-state index >= 15 is 0 Å². The molecule has 1 saturated carbocycles. The highest BCUT2D eigenvalue weighted by Gasteiger charge is 2.14. The van der Waals surface area contributed by atoms with E-state index < -0.39 is 0 Å². The SMILES string of the molecule is CC1CCCC(N=C=O)CC1. The Balaban J connectivity index is 2.39. The van der Waals surface area contributed by atoms with Gasteiger partial charge in [0.1, 0.15) is 0 Å². The smallest absolute Gasteiger partial charge is 0.211 e. The molecule has 0 aromatic heterocycles. The molecule has 2 atom stereocenters. The Labute approximate surface area is 67.7 Å². The fourth-order valence-electron chi connectivity index (χ4n) is 1.67. The molecule has 1 aliphatic carbocycles. The summed E-state index contributed by atoms with van der Waals surface area (Å²) in [6.07, 6.45) is 7.55. The Bertz CT molecular complexity index is 161. The van der Waals surface area contributed by atoms with Crippen LogP contribution in [0.3, 0.4) is 0 Å². The summed E-state index contributed by atoms with van der Waals surface area (Å²) in [5.41, 5.74) is 0. The van der Waals surface area contributed by atoms with Crippen LogP contribution in [-0.2, 0) is 4.79 Å². The van der Waals surface area contributed by atoms with E-state index in [2.05, 4.69) is 11.9 Å². The molecule has 0 saturated heterocycles. The molecule has 11 heavy (non-hydrogen) atoms. The Hall–Kier alpha value is -0.620. The molecular formula is C9H15NO. The third-order valence-corrected chi connectivity index (χ3v) is 2.46. The minimum atomic E-state index is 0.275. The topological polar surface area (TPSA) is 29.4 Å². The maximum absolute atomic E-state index is 9.98. The summed E-state index contributed by atoms with van der Waals surface area (Å²) in [7, 11) is 0. The van der Waals surface area contributed by atoms with E-state index in [0.29, 0.717) is 0 Å². The highest BCUT2D eigenvalue weighted by molar-refractivity contribution is 5.33. The van der Waals surface area contributed by atoms with Crippen LogP contribution in [0.4, 0.5) is 0 Å². The van der Waals surface area contributed by atoms with Crippen molar-refractivity contribution in [3.63, 3.8) is 0 Å². The van der Waals surface area contributed by atoms with Gasteiger partial charge in [-0.05, 0) is 25.2 Å². The summed E-state index contributed by atoms with van der Waals surface area (Å²) in [6.45, 7) is 2.27. The molecule has 0 aliphatic heterocycles. The number of carbonyl (C=O) groups excluding carboxylic acids is 1. The predicted octanol–water partition coefficient (Wildman–Crippen LogP) is 2.29. The molecule has 0 spiro atoms. The van der Waals surface area contributed by atoms with E-state index in [4.69, 9.17) is 0 Å². The molecule has 0 aromatic rings. The summed E-state index contributed by atoms with van der Waals surface area (Å²) in [4.78, 5) is 13.7. The van der Waals surface area contributed by atoms with Gasteiger partial charge in [-0.25, -0.2) is 9.79 Å². The summed E-state index contributed by atoms with van der Waals surface area (Å²) >= 11 is 0. The van der Waals surface area contributed by atoms with Crippen LogP contribution in [0.25, 0.3) is 0 Å². The molecule has 2 heteroatoms. The van der Waals surface area contributed by atoms with Crippen LogP contribution >= 0.6 is 0 Å². The Morgan fingerprint density at radius 2 is 2.09 bits per heavy atom. The third-order valence-electron chi connectivity index (χ3n) is 2.46. The lowest BCUT2D eigenvalue weighted by Crippen LogP contribution is -2.01. The van der Waals surface area contributed by atoms with Gasteiger partial charge in [0.25, 0.3) is 0 Å². The zero-order valence-electron chi connectivity index (χ0n) is 7.05. The number of isocyanates is 1. The largest absolute Gasteiger partial charge is 0.235 e. The Morgan fingerprint density at radius 1 is 1.27 bits per heavy atom. The van der Waals surface area contributed by atoms with Crippen LogP contribution in [0.15, 0.2) is 4.99 Å². The van der Waals surface area contributed by atoms with E-state index in [9.17, 15) is 4.79 Å². The van der Waals surface area contributed by atoms with Gasteiger partial charge in [0, 0.05) is 0 Å². The van der Waals surface area contributed by atoms with Crippen molar-refractivity contribution in [1.29, 1.82) is 0 Å². The maximum Gasteiger partial charge on any atom is 0.235 e. The van der Waals surface area contributed by atoms with E-state index in [1.165, 1.54) is 19.3 Å². The number of aliphatic imine (C=N–C) groups is 1. The molecule has 2 nitrogen and oxygen atoms in total. The highest BCUT2D eigenvalue weighted by Crippen LogP contribution is 2.23. The lowest BCUT2D eigenvalue weighted by atomic mass is 10.0. The average Bonchev–Trinajstić information content (AvgIpc) is 2.17. The summed E-state index contributed by atoms with van der Waals surface area (Å²) in [5, 5.41) is 0. The van der Waals surface area contributed by atoms with Crippen LogP contribution in [-0.4, -0.2) is 12.1 Å². The molecule has 1 rings (SSSR count). The number of nitrogens with zero attached hydrogens (tertiary/aromatic N) is 1. The summed E-state index contributed by atoms with van der Waals surface area (Å²) in [5.74, 6) is 0.821. The van der Waals surface area contributed by atoms with Gasteiger partial charge >= 0.3 is 0 Å². The first-order valence-corrected chi connectivity index (χ1v) is 4.40. The van der Waals surface area contributed by atoms with E-state index in [1.807, 2.05) is 0 Å². The molecule has 0 radical (unpaired) electrons. The standard InChI is InChI=1S/C9H15NO/c1-8-3-2-4-9(6-5-8)10-7-11/h8-9H,2-6H2,1H3. The van der Waals surface area contributed by atoms with Crippen molar-refractivity contribution in [2.75, 3.05) is 0 Å². The summed E-state index contributed by atoms with van der Waals surface area (Å²) < 4.78 is 0. The first-order chi connectivity index (χ1) is 5.33. The Kier molecular flexibility index (Phi) is 3.31. The lowest BCUT2D eigenvalue weighted by Gasteiger charge is -2.05. The number of hydrogen-bond donors (Lipinski definition) is 0. The molecule has 0 aromatic carbocycles. The molecule has 0 bridgehead atoms. The molecule has 0 amide bonds. The maximum atomic E-state index is 9.98. The van der Waals surface area contributed by atoms with E-state index in [-0.39, 0.29) is 6.04 Å². The van der Waals surface area contributed by atoms with Crippen LogP contribution < -0.4 is 0 Å². The van der Waals surface area contributed by atoms with Gasteiger partial charge in [0.2, 0.25) is 6.08 Å². The van der Waals surface area contributed by atoms with Crippen molar-refractivity contribution in [1.82, 2.24) is 0 Å². The van der Waals surface area contributed by atoms with E-state index in [1.54, 1.807) is 6.08 Å². The fraction of sp³-hybridized carbons (Fsp3) is 0.889. The molecule has 0 N–H and O–H groups in total. The van der Waals surface area contributed by atoms with Gasteiger partial charge in [-0.1, -0.05) is 19.8 Å². The van der Waals surface area contributed by atoms with Gasteiger partial charge in [-0.3, -0.25) is 0 Å². The van der Waals surface area contributed by atoms with Crippen LogP contribution in [0.2, 0.25) is 0 Å². The van der Waals surface area contributed by atoms with Gasteiger partial charge < -0.3 is 0 Å². The molecule has 2 unspecified atom stereocenters. The minimum Gasteiger partial charge on any atom is -0.211 e. The highest BCUT2D eigenvalue weighted by atomic mass is 16.1. The minimum absolute atomic E-state index is 0.275. The second-order valence-electron chi connectivity index (χ2n) is 3.49. The second-order valence-corrected chi connectivity index (χ2v) is 3.49. The molecule has 1 fully saturated rings. The van der Waals surface area contributed by atoms with Crippen LogP contribution in [0, 0.1) is 5.92 Å². The first kappa shape index (κ1) is 8.48. The van der Waals surface area contributed by atoms with Gasteiger partial charge in [0.15, 0.2) is 0 Å². The van der Waals surface area contributed by atoms with Crippen molar-refractivity contribution >= 4 is 6.08 Å². The fourth-order valence-corrected chi connectivity index (χ4v) is 1.67. The normalized spacial score (nSPS) is 32.1.